The van der Waals surface area contributed by atoms with Crippen LogP contribution in [0, 0.1) is 6.92 Å². The number of ether oxygens (including phenoxy) is 1. The molecule has 1 aromatic rings. The van der Waals surface area contributed by atoms with Gasteiger partial charge in [-0.15, -0.1) is 0 Å². The zero-order valence-corrected chi connectivity index (χ0v) is 11.9. The van der Waals surface area contributed by atoms with Crippen LogP contribution in [0.5, 0.6) is 0 Å². The summed E-state index contributed by atoms with van der Waals surface area (Å²) in [5, 5.41) is 12.6. The third-order valence-electron chi connectivity index (χ3n) is 2.90. The third kappa shape index (κ3) is 4.13. The maximum atomic E-state index is 11.6. The largest absolute Gasteiger partial charge is 0.465 e. The van der Waals surface area contributed by atoms with Gasteiger partial charge < -0.3 is 20.9 Å². The molecular formula is C14H22N2O3. The fourth-order valence-corrected chi connectivity index (χ4v) is 2.02. The highest BCUT2D eigenvalue weighted by Gasteiger charge is 2.14. The van der Waals surface area contributed by atoms with Gasteiger partial charge in [-0.1, -0.05) is 0 Å². The lowest BCUT2D eigenvalue weighted by molar-refractivity contribution is 0.0602. The monoisotopic (exact) mass is 266 g/mol. The average molecular weight is 266 g/mol. The molecule has 0 radical (unpaired) electrons. The van der Waals surface area contributed by atoms with Crippen LogP contribution in [0.1, 0.15) is 36.2 Å². The number of carbonyl (C=O) groups excluding carboxylic acids is 1. The summed E-state index contributed by atoms with van der Waals surface area (Å²) in [5.41, 5.74) is 8.26. The highest BCUT2D eigenvalue weighted by atomic mass is 16.5. The summed E-state index contributed by atoms with van der Waals surface area (Å²) in [6.07, 6.45) is 0.245. The first-order valence-electron chi connectivity index (χ1n) is 6.28. The molecule has 1 aromatic carbocycles. The van der Waals surface area contributed by atoms with Crippen LogP contribution in [0.4, 0.5) is 11.4 Å². The number of rotatable bonds is 5. The number of aliphatic hydroxyl groups is 1. The van der Waals surface area contributed by atoms with Crippen molar-refractivity contribution in [2.45, 2.75) is 39.3 Å². The van der Waals surface area contributed by atoms with E-state index in [4.69, 9.17) is 10.5 Å². The van der Waals surface area contributed by atoms with Gasteiger partial charge in [-0.2, -0.15) is 0 Å². The molecule has 0 aliphatic heterocycles. The van der Waals surface area contributed by atoms with E-state index in [0.717, 1.165) is 11.3 Å². The van der Waals surface area contributed by atoms with Gasteiger partial charge in [-0.3, -0.25) is 0 Å². The Kier molecular flexibility index (Phi) is 5.18. The summed E-state index contributed by atoms with van der Waals surface area (Å²) in [6.45, 7) is 5.55. The molecule has 0 amide bonds. The number of nitrogens with one attached hydrogen (secondary N) is 1. The second-order valence-corrected chi connectivity index (χ2v) is 4.88. The number of anilines is 2. The molecule has 0 spiro atoms. The number of nitrogens with two attached hydrogens (primary N) is 1. The van der Waals surface area contributed by atoms with Gasteiger partial charge in [0.25, 0.3) is 0 Å². The molecule has 0 saturated carbocycles. The minimum absolute atomic E-state index is 0.0912. The highest BCUT2D eigenvalue weighted by Crippen LogP contribution is 2.24. The molecule has 5 nitrogen and oxygen atoms in total. The van der Waals surface area contributed by atoms with E-state index in [1.165, 1.54) is 7.11 Å². The van der Waals surface area contributed by atoms with Gasteiger partial charge in [0.2, 0.25) is 0 Å². The number of aryl methyl sites for hydroxylation is 1. The van der Waals surface area contributed by atoms with Gasteiger partial charge >= 0.3 is 5.97 Å². The van der Waals surface area contributed by atoms with Gasteiger partial charge in [-0.05, 0) is 44.9 Å². The topological polar surface area (TPSA) is 84.6 Å². The second-order valence-electron chi connectivity index (χ2n) is 4.88. The van der Waals surface area contributed by atoms with Crippen LogP contribution in [0.3, 0.4) is 0 Å². The number of hydrogen-bond donors (Lipinski definition) is 3. The van der Waals surface area contributed by atoms with E-state index < -0.39 is 5.97 Å². The van der Waals surface area contributed by atoms with Gasteiger partial charge in [0.1, 0.15) is 0 Å². The molecule has 1 rings (SSSR count). The third-order valence-corrected chi connectivity index (χ3v) is 2.90. The van der Waals surface area contributed by atoms with E-state index in [9.17, 15) is 9.90 Å². The molecule has 5 heteroatoms. The maximum absolute atomic E-state index is 11.6. The normalized spacial score (nSPS) is 13.7. The quantitative estimate of drug-likeness (QED) is 0.560. The van der Waals surface area contributed by atoms with Crippen LogP contribution in [-0.4, -0.2) is 30.3 Å². The lowest BCUT2D eigenvalue weighted by Gasteiger charge is -2.18. The summed E-state index contributed by atoms with van der Waals surface area (Å²) in [4.78, 5) is 11.6. The van der Waals surface area contributed by atoms with E-state index >= 15 is 0 Å². The number of hydrogen-bond acceptors (Lipinski definition) is 5. The predicted octanol–water partition coefficient (Wildman–Crippen LogP) is 1.94. The average Bonchev–Trinajstić information content (AvgIpc) is 2.31. The lowest BCUT2D eigenvalue weighted by atomic mass is 10.1. The summed E-state index contributed by atoms with van der Waals surface area (Å²) in [6, 6.07) is 3.64. The molecule has 0 heterocycles. The minimum atomic E-state index is -0.451. The number of methoxy groups -OCH3 is 1. The van der Waals surface area contributed by atoms with Crippen molar-refractivity contribution in [3.63, 3.8) is 0 Å². The standard InChI is InChI=1S/C14H22N2O3/c1-8-5-11(16-9(2)6-10(3)17)7-12(13(8)15)14(18)19-4/h5,7,9-10,16-17H,6,15H2,1-4H3. The van der Waals surface area contributed by atoms with Gasteiger partial charge in [0, 0.05) is 17.4 Å². The number of benzene rings is 1. The Morgan fingerprint density at radius 1 is 1.47 bits per heavy atom. The number of nitrogen functional groups attached to an aromatic ring is 1. The van der Waals surface area contributed by atoms with Crippen molar-refractivity contribution in [3.8, 4) is 0 Å². The molecule has 0 aliphatic rings. The molecule has 0 fully saturated rings. The van der Waals surface area contributed by atoms with Crippen LogP contribution >= 0.6 is 0 Å². The van der Waals surface area contributed by atoms with E-state index in [0.29, 0.717) is 17.7 Å². The maximum Gasteiger partial charge on any atom is 0.340 e. The van der Waals surface area contributed by atoms with E-state index in [2.05, 4.69) is 5.32 Å². The molecule has 0 aromatic heterocycles. The first-order valence-corrected chi connectivity index (χ1v) is 6.28. The summed E-state index contributed by atoms with van der Waals surface area (Å²) in [7, 11) is 1.33. The van der Waals surface area contributed by atoms with Crippen LogP contribution in [0.2, 0.25) is 0 Å². The zero-order valence-electron chi connectivity index (χ0n) is 11.9. The Morgan fingerprint density at radius 3 is 2.63 bits per heavy atom. The summed E-state index contributed by atoms with van der Waals surface area (Å²) in [5.74, 6) is -0.451. The Morgan fingerprint density at radius 2 is 2.11 bits per heavy atom. The van der Waals surface area contributed by atoms with Gasteiger partial charge in [0.05, 0.1) is 18.8 Å². The SMILES string of the molecule is COC(=O)c1cc(NC(C)CC(C)O)cc(C)c1N. The van der Waals surface area contributed by atoms with E-state index in [-0.39, 0.29) is 12.1 Å². The fourth-order valence-electron chi connectivity index (χ4n) is 2.02. The first-order chi connectivity index (χ1) is 8.85. The molecule has 19 heavy (non-hydrogen) atoms. The molecule has 0 bridgehead atoms. The van der Waals surface area contributed by atoms with Crippen molar-refractivity contribution in [2.24, 2.45) is 0 Å². The van der Waals surface area contributed by atoms with Gasteiger partial charge in [-0.25, -0.2) is 4.79 Å². The Balaban J connectivity index is 2.97. The van der Waals surface area contributed by atoms with Crippen LogP contribution < -0.4 is 11.1 Å². The van der Waals surface area contributed by atoms with Crippen molar-refractivity contribution >= 4 is 17.3 Å². The Labute approximate surface area is 113 Å². The predicted molar refractivity (Wildman–Crippen MR) is 76.3 cm³/mol. The van der Waals surface area contributed by atoms with Crippen molar-refractivity contribution in [1.82, 2.24) is 0 Å². The van der Waals surface area contributed by atoms with Crippen LogP contribution in [-0.2, 0) is 4.74 Å². The van der Waals surface area contributed by atoms with Crippen LogP contribution in [0.15, 0.2) is 12.1 Å². The molecule has 4 N–H and O–H groups in total. The molecule has 0 aliphatic carbocycles. The molecule has 2 unspecified atom stereocenters. The smallest absolute Gasteiger partial charge is 0.340 e. The number of carbonyl (C=O) groups is 1. The minimum Gasteiger partial charge on any atom is -0.465 e. The lowest BCUT2D eigenvalue weighted by Crippen LogP contribution is -2.21. The van der Waals surface area contributed by atoms with Crippen molar-refractivity contribution in [1.29, 1.82) is 0 Å². The number of esters is 1. The molecule has 0 saturated heterocycles. The molecule has 106 valence electrons. The summed E-state index contributed by atoms with van der Waals surface area (Å²) >= 11 is 0. The second kappa shape index (κ2) is 6.43. The fraction of sp³-hybridized carbons (Fsp3) is 0.500. The Bertz CT molecular complexity index is 458. The molecule has 2 atom stereocenters. The highest BCUT2D eigenvalue weighted by molar-refractivity contribution is 5.97. The Hall–Kier alpha value is -1.75. The van der Waals surface area contributed by atoms with Crippen molar-refractivity contribution in [2.75, 3.05) is 18.2 Å². The van der Waals surface area contributed by atoms with Crippen molar-refractivity contribution < 1.29 is 14.6 Å². The molecular weight excluding hydrogens is 244 g/mol. The van der Waals surface area contributed by atoms with E-state index in [1.54, 1.807) is 13.0 Å². The summed E-state index contributed by atoms with van der Waals surface area (Å²) < 4.78 is 4.71. The number of aliphatic hydroxyl groups excluding tert-OH is 1. The van der Waals surface area contributed by atoms with Crippen LogP contribution in [0.25, 0.3) is 0 Å². The first kappa shape index (κ1) is 15.3. The van der Waals surface area contributed by atoms with E-state index in [1.807, 2.05) is 19.9 Å². The van der Waals surface area contributed by atoms with Crippen molar-refractivity contribution in [3.05, 3.63) is 23.3 Å². The van der Waals surface area contributed by atoms with Gasteiger partial charge in [0.15, 0.2) is 0 Å². The zero-order chi connectivity index (χ0) is 14.6.